The van der Waals surface area contributed by atoms with Gasteiger partial charge in [0.2, 0.25) is 11.8 Å². The molecule has 1 N–H and O–H groups in total. The minimum atomic E-state index is -0.895. The minimum Gasteiger partial charge on any atom is -0.372 e. The average Bonchev–Trinajstić information content (AvgIpc) is 2.68. The molecule has 3 rings (SSSR count). The van der Waals surface area contributed by atoms with Crippen LogP contribution in [0, 0.1) is 11.6 Å². The summed E-state index contributed by atoms with van der Waals surface area (Å²) in [5.74, 6) is -2.95. The van der Waals surface area contributed by atoms with Crippen molar-refractivity contribution in [2.24, 2.45) is 0 Å². The second-order valence-electron chi connectivity index (χ2n) is 6.82. The molecule has 0 aliphatic carbocycles. The van der Waals surface area contributed by atoms with Crippen LogP contribution in [0.5, 0.6) is 0 Å². The van der Waals surface area contributed by atoms with Crippen LogP contribution in [0.1, 0.15) is 26.2 Å². The summed E-state index contributed by atoms with van der Waals surface area (Å²) in [4.78, 5) is 27.3. The van der Waals surface area contributed by atoms with Gasteiger partial charge in [0.15, 0.2) is 0 Å². The molecule has 2 amide bonds. The van der Waals surface area contributed by atoms with Crippen molar-refractivity contribution in [3.05, 3.63) is 54.1 Å². The van der Waals surface area contributed by atoms with Gasteiger partial charge in [-0.25, -0.2) is 8.78 Å². The van der Waals surface area contributed by atoms with E-state index >= 15 is 0 Å². The van der Waals surface area contributed by atoms with Gasteiger partial charge < -0.3 is 10.2 Å². The summed E-state index contributed by atoms with van der Waals surface area (Å²) < 4.78 is 28.0. The van der Waals surface area contributed by atoms with E-state index in [-0.39, 0.29) is 0 Å². The lowest BCUT2D eigenvalue weighted by molar-refractivity contribution is -0.120. The zero-order valence-electron chi connectivity index (χ0n) is 15.8. The number of nitrogens with one attached hydrogen (secondary N) is 1. The van der Waals surface area contributed by atoms with E-state index in [4.69, 9.17) is 0 Å². The monoisotopic (exact) mass is 387 g/mol. The van der Waals surface area contributed by atoms with Gasteiger partial charge in [0.1, 0.15) is 23.9 Å². The lowest BCUT2D eigenvalue weighted by Crippen LogP contribution is -2.37. The van der Waals surface area contributed by atoms with Crippen LogP contribution in [0.4, 0.5) is 25.8 Å². The molecule has 0 bridgehead atoms. The fraction of sp³-hybridized carbons (Fsp3) is 0.333. The van der Waals surface area contributed by atoms with Gasteiger partial charge in [-0.1, -0.05) is 6.07 Å². The van der Waals surface area contributed by atoms with Crippen molar-refractivity contribution in [3.63, 3.8) is 0 Å². The maximum absolute atomic E-state index is 14.0. The molecule has 1 aliphatic rings. The van der Waals surface area contributed by atoms with Gasteiger partial charge in [-0.05, 0) is 55.7 Å². The van der Waals surface area contributed by atoms with Gasteiger partial charge >= 0.3 is 0 Å². The number of amides is 2. The van der Waals surface area contributed by atoms with Crippen molar-refractivity contribution < 1.29 is 18.4 Å². The SMILES string of the molecule is CC(=O)N(CC(=O)Nc1ccc(N2CCCCC2)cc1)c1c(F)cccc1F. The lowest BCUT2D eigenvalue weighted by atomic mass is 10.1. The molecule has 1 saturated heterocycles. The highest BCUT2D eigenvalue weighted by molar-refractivity contribution is 6.02. The second kappa shape index (κ2) is 8.82. The Morgan fingerprint density at radius 2 is 1.61 bits per heavy atom. The molecular weight excluding hydrogens is 364 g/mol. The fourth-order valence-electron chi connectivity index (χ4n) is 3.35. The zero-order valence-corrected chi connectivity index (χ0v) is 15.8. The average molecular weight is 387 g/mol. The Bertz CT molecular complexity index is 829. The molecule has 148 valence electrons. The molecule has 0 saturated carbocycles. The molecule has 5 nitrogen and oxygen atoms in total. The van der Waals surface area contributed by atoms with E-state index in [1.807, 2.05) is 12.1 Å². The molecule has 0 spiro atoms. The van der Waals surface area contributed by atoms with Gasteiger partial charge in [-0.15, -0.1) is 0 Å². The first-order valence-corrected chi connectivity index (χ1v) is 9.32. The smallest absolute Gasteiger partial charge is 0.244 e. The summed E-state index contributed by atoms with van der Waals surface area (Å²) in [5, 5.41) is 2.67. The van der Waals surface area contributed by atoms with E-state index in [0.29, 0.717) is 5.69 Å². The van der Waals surface area contributed by atoms with E-state index in [0.717, 1.165) is 42.7 Å². The quantitative estimate of drug-likeness (QED) is 0.845. The van der Waals surface area contributed by atoms with Crippen molar-refractivity contribution in [1.29, 1.82) is 0 Å². The number of para-hydroxylation sites is 1. The summed E-state index contributed by atoms with van der Waals surface area (Å²) in [5.41, 5.74) is 1.13. The Kier molecular flexibility index (Phi) is 6.23. The van der Waals surface area contributed by atoms with E-state index in [9.17, 15) is 18.4 Å². The molecule has 2 aromatic carbocycles. The summed E-state index contributed by atoms with van der Waals surface area (Å²) in [6.45, 7) is 2.72. The Morgan fingerprint density at radius 1 is 1.00 bits per heavy atom. The first kappa shape index (κ1) is 19.8. The van der Waals surface area contributed by atoms with Crippen molar-refractivity contribution in [2.75, 3.05) is 34.8 Å². The van der Waals surface area contributed by atoms with Gasteiger partial charge in [-0.3, -0.25) is 14.5 Å². The Morgan fingerprint density at radius 3 is 2.18 bits per heavy atom. The molecule has 28 heavy (non-hydrogen) atoms. The standard InChI is InChI=1S/C21H23F2N3O2/c1-15(27)26(21-18(22)6-5-7-19(21)23)14-20(28)24-16-8-10-17(11-9-16)25-12-3-2-4-13-25/h5-11H,2-4,12-14H2,1H3,(H,24,28). The maximum atomic E-state index is 14.0. The van der Waals surface area contributed by atoms with Gasteiger partial charge in [-0.2, -0.15) is 0 Å². The highest BCUT2D eigenvalue weighted by atomic mass is 19.1. The van der Waals surface area contributed by atoms with E-state index in [1.54, 1.807) is 12.1 Å². The van der Waals surface area contributed by atoms with Crippen LogP contribution in [0.2, 0.25) is 0 Å². The lowest BCUT2D eigenvalue weighted by Gasteiger charge is -2.28. The van der Waals surface area contributed by atoms with Crippen molar-refractivity contribution >= 4 is 28.9 Å². The van der Waals surface area contributed by atoms with Crippen LogP contribution < -0.4 is 15.1 Å². The minimum absolute atomic E-state index is 0.485. The van der Waals surface area contributed by atoms with Crippen molar-refractivity contribution in [1.82, 2.24) is 0 Å². The van der Waals surface area contributed by atoms with Crippen LogP contribution in [0.25, 0.3) is 0 Å². The molecule has 7 heteroatoms. The molecule has 1 aliphatic heterocycles. The fourth-order valence-corrected chi connectivity index (χ4v) is 3.35. The van der Waals surface area contributed by atoms with Crippen LogP contribution in [-0.2, 0) is 9.59 Å². The number of halogens is 2. The van der Waals surface area contributed by atoms with Gasteiger partial charge in [0.25, 0.3) is 0 Å². The zero-order chi connectivity index (χ0) is 20.1. The first-order valence-electron chi connectivity index (χ1n) is 9.32. The van der Waals surface area contributed by atoms with Crippen molar-refractivity contribution in [3.8, 4) is 0 Å². The molecule has 2 aromatic rings. The molecule has 0 radical (unpaired) electrons. The second-order valence-corrected chi connectivity index (χ2v) is 6.82. The normalized spacial score (nSPS) is 13.9. The van der Waals surface area contributed by atoms with Gasteiger partial charge in [0, 0.05) is 31.4 Å². The largest absolute Gasteiger partial charge is 0.372 e. The number of rotatable bonds is 5. The molecular formula is C21H23F2N3O2. The third-order valence-electron chi connectivity index (χ3n) is 4.76. The molecule has 1 fully saturated rings. The Labute approximate surface area is 162 Å². The van der Waals surface area contributed by atoms with Crippen LogP contribution in [0.15, 0.2) is 42.5 Å². The topological polar surface area (TPSA) is 52.7 Å². The van der Waals surface area contributed by atoms with Crippen LogP contribution in [-0.4, -0.2) is 31.4 Å². The molecule has 1 heterocycles. The predicted octanol–water partition coefficient (Wildman–Crippen LogP) is 3.95. The van der Waals surface area contributed by atoms with Crippen LogP contribution >= 0.6 is 0 Å². The first-order chi connectivity index (χ1) is 13.5. The van der Waals surface area contributed by atoms with E-state index in [1.165, 1.54) is 25.3 Å². The predicted molar refractivity (Wildman–Crippen MR) is 106 cm³/mol. The third kappa shape index (κ3) is 4.65. The number of nitrogens with zero attached hydrogens (tertiary/aromatic N) is 2. The molecule has 0 aromatic heterocycles. The summed E-state index contributed by atoms with van der Waals surface area (Å²) in [6.07, 6.45) is 3.60. The summed E-state index contributed by atoms with van der Waals surface area (Å²) in [6, 6.07) is 10.7. The highest BCUT2D eigenvalue weighted by Crippen LogP contribution is 2.24. The number of carbonyl (C=O) groups is 2. The number of hydrogen-bond donors (Lipinski definition) is 1. The Hall–Kier alpha value is -2.96. The highest BCUT2D eigenvalue weighted by Gasteiger charge is 2.22. The van der Waals surface area contributed by atoms with Gasteiger partial charge in [0.05, 0.1) is 0 Å². The Balaban J connectivity index is 1.67. The maximum Gasteiger partial charge on any atom is 0.244 e. The number of anilines is 3. The van der Waals surface area contributed by atoms with E-state index < -0.39 is 35.7 Å². The molecule has 0 atom stereocenters. The van der Waals surface area contributed by atoms with Crippen molar-refractivity contribution in [2.45, 2.75) is 26.2 Å². The molecule has 0 unspecified atom stereocenters. The number of hydrogen-bond acceptors (Lipinski definition) is 3. The number of piperidine rings is 1. The third-order valence-corrected chi connectivity index (χ3v) is 4.76. The van der Waals surface area contributed by atoms with E-state index in [2.05, 4.69) is 10.2 Å². The van der Waals surface area contributed by atoms with Crippen LogP contribution in [0.3, 0.4) is 0 Å². The summed E-state index contributed by atoms with van der Waals surface area (Å²) >= 11 is 0. The number of benzene rings is 2. The summed E-state index contributed by atoms with van der Waals surface area (Å²) in [7, 11) is 0. The number of carbonyl (C=O) groups excluding carboxylic acids is 2.